The van der Waals surface area contributed by atoms with Crippen molar-refractivity contribution in [1.82, 2.24) is 4.98 Å². The maximum atomic E-state index is 8.50. The van der Waals surface area contributed by atoms with E-state index in [0.717, 1.165) is 5.69 Å². The molecule has 0 fully saturated rings. The van der Waals surface area contributed by atoms with Crippen molar-refractivity contribution in [2.24, 2.45) is 0 Å². The molecule has 0 saturated carbocycles. The van der Waals surface area contributed by atoms with E-state index in [9.17, 15) is 0 Å². The van der Waals surface area contributed by atoms with E-state index in [1.807, 2.05) is 12.1 Å². The van der Waals surface area contributed by atoms with Crippen LogP contribution in [0.1, 0.15) is 5.69 Å². The van der Waals surface area contributed by atoms with Crippen molar-refractivity contribution < 1.29 is 0 Å². The largest absolute Gasteiger partial charge is 0.386 e. The third-order valence-corrected chi connectivity index (χ3v) is 1.18. The molecular weight excluding hydrogens is 126 g/mol. The molecule has 0 amide bonds. The molecule has 1 aromatic rings. The van der Waals surface area contributed by atoms with E-state index < -0.39 is 0 Å². The summed E-state index contributed by atoms with van der Waals surface area (Å²) in [5, 5.41) is 11.4. The molecule has 1 heterocycles. The van der Waals surface area contributed by atoms with E-state index in [1.165, 1.54) is 0 Å². The van der Waals surface area contributed by atoms with E-state index in [4.69, 9.17) is 5.26 Å². The standard InChI is InChI=1S/C7H7N3/c1-9-6-3-2-4-10-7(6)5-8/h2-4,9H,1H3. The molecule has 0 radical (unpaired) electrons. The number of nitrogens with one attached hydrogen (secondary N) is 1. The first-order valence-electron chi connectivity index (χ1n) is 2.91. The van der Waals surface area contributed by atoms with Gasteiger partial charge in [0.05, 0.1) is 5.69 Å². The summed E-state index contributed by atoms with van der Waals surface area (Å²) in [5.41, 5.74) is 1.20. The Labute approximate surface area is 59.3 Å². The van der Waals surface area contributed by atoms with E-state index in [-0.39, 0.29) is 0 Å². The van der Waals surface area contributed by atoms with Crippen LogP contribution >= 0.6 is 0 Å². The van der Waals surface area contributed by atoms with Crippen molar-refractivity contribution in [2.45, 2.75) is 0 Å². The van der Waals surface area contributed by atoms with Crippen LogP contribution in [0, 0.1) is 11.3 Å². The number of nitrogens with zero attached hydrogens (tertiary/aromatic N) is 2. The summed E-state index contributed by atoms with van der Waals surface area (Å²) >= 11 is 0. The lowest BCUT2D eigenvalue weighted by Crippen LogP contribution is -1.93. The summed E-state index contributed by atoms with van der Waals surface area (Å²) in [6.45, 7) is 0. The second-order valence-electron chi connectivity index (χ2n) is 1.76. The zero-order valence-electron chi connectivity index (χ0n) is 5.63. The van der Waals surface area contributed by atoms with Gasteiger partial charge in [0, 0.05) is 13.2 Å². The molecule has 0 aliphatic rings. The van der Waals surface area contributed by atoms with Crippen LogP contribution in [0.4, 0.5) is 5.69 Å². The lowest BCUT2D eigenvalue weighted by atomic mass is 10.3. The topological polar surface area (TPSA) is 48.7 Å². The molecule has 3 nitrogen and oxygen atoms in total. The van der Waals surface area contributed by atoms with Gasteiger partial charge in [-0.15, -0.1) is 0 Å². The quantitative estimate of drug-likeness (QED) is 0.621. The Bertz CT molecular complexity index is 262. The zero-order chi connectivity index (χ0) is 7.40. The number of anilines is 1. The molecule has 1 N–H and O–H groups in total. The zero-order valence-corrected chi connectivity index (χ0v) is 5.63. The fourth-order valence-electron chi connectivity index (χ4n) is 0.696. The highest BCUT2D eigenvalue weighted by Gasteiger charge is 1.96. The van der Waals surface area contributed by atoms with Gasteiger partial charge in [0.1, 0.15) is 6.07 Å². The minimum Gasteiger partial charge on any atom is -0.386 e. The highest BCUT2D eigenvalue weighted by atomic mass is 14.9. The van der Waals surface area contributed by atoms with Gasteiger partial charge in [-0.2, -0.15) is 5.26 Å². The predicted molar refractivity (Wildman–Crippen MR) is 38.5 cm³/mol. The van der Waals surface area contributed by atoms with Crippen molar-refractivity contribution in [3.63, 3.8) is 0 Å². The Kier molecular flexibility index (Phi) is 1.86. The Morgan fingerprint density at radius 3 is 3.00 bits per heavy atom. The summed E-state index contributed by atoms with van der Waals surface area (Å²) < 4.78 is 0. The molecule has 0 aromatic carbocycles. The van der Waals surface area contributed by atoms with E-state index >= 15 is 0 Å². The maximum Gasteiger partial charge on any atom is 0.163 e. The molecule has 0 aliphatic carbocycles. The summed E-state index contributed by atoms with van der Waals surface area (Å²) in [4.78, 5) is 3.84. The summed E-state index contributed by atoms with van der Waals surface area (Å²) in [5.74, 6) is 0. The normalized spacial score (nSPS) is 8.40. The highest BCUT2D eigenvalue weighted by molar-refractivity contribution is 5.52. The Morgan fingerprint density at radius 1 is 1.70 bits per heavy atom. The molecule has 0 aliphatic heterocycles. The maximum absolute atomic E-state index is 8.50. The first-order chi connectivity index (χ1) is 4.88. The van der Waals surface area contributed by atoms with Gasteiger partial charge in [0.25, 0.3) is 0 Å². The number of pyridine rings is 1. The van der Waals surface area contributed by atoms with Crippen LogP contribution in [0.5, 0.6) is 0 Å². The summed E-state index contributed by atoms with van der Waals surface area (Å²) in [6.07, 6.45) is 1.60. The van der Waals surface area contributed by atoms with Crippen LogP contribution in [0.2, 0.25) is 0 Å². The first-order valence-corrected chi connectivity index (χ1v) is 2.91. The van der Waals surface area contributed by atoms with E-state index in [0.29, 0.717) is 5.69 Å². The Morgan fingerprint density at radius 2 is 2.50 bits per heavy atom. The smallest absolute Gasteiger partial charge is 0.163 e. The molecule has 50 valence electrons. The minimum absolute atomic E-state index is 0.435. The fraction of sp³-hybridized carbons (Fsp3) is 0.143. The molecule has 0 spiro atoms. The van der Waals surface area contributed by atoms with Gasteiger partial charge in [-0.25, -0.2) is 4.98 Å². The van der Waals surface area contributed by atoms with Crippen molar-refractivity contribution in [3.8, 4) is 6.07 Å². The van der Waals surface area contributed by atoms with Crippen LogP contribution in [-0.4, -0.2) is 12.0 Å². The SMILES string of the molecule is CNc1cccnc1C#N. The molecule has 0 saturated heterocycles. The van der Waals surface area contributed by atoms with Gasteiger partial charge in [0.15, 0.2) is 5.69 Å². The number of nitriles is 1. The number of rotatable bonds is 1. The summed E-state index contributed by atoms with van der Waals surface area (Å²) in [6, 6.07) is 5.57. The minimum atomic E-state index is 0.435. The average molecular weight is 133 g/mol. The van der Waals surface area contributed by atoms with Gasteiger partial charge in [0.2, 0.25) is 0 Å². The predicted octanol–water partition coefficient (Wildman–Crippen LogP) is 0.995. The van der Waals surface area contributed by atoms with Crippen molar-refractivity contribution in [2.75, 3.05) is 12.4 Å². The van der Waals surface area contributed by atoms with E-state index in [2.05, 4.69) is 10.3 Å². The van der Waals surface area contributed by atoms with E-state index in [1.54, 1.807) is 19.3 Å². The lowest BCUT2D eigenvalue weighted by Gasteiger charge is -1.98. The number of hydrogen-bond acceptors (Lipinski definition) is 3. The van der Waals surface area contributed by atoms with Crippen molar-refractivity contribution in [3.05, 3.63) is 24.0 Å². The molecule has 1 rings (SSSR count). The average Bonchev–Trinajstić information content (AvgIpc) is 2.04. The van der Waals surface area contributed by atoms with Crippen LogP contribution in [-0.2, 0) is 0 Å². The van der Waals surface area contributed by atoms with Gasteiger partial charge < -0.3 is 5.32 Å². The third-order valence-electron chi connectivity index (χ3n) is 1.18. The van der Waals surface area contributed by atoms with Gasteiger partial charge in [-0.1, -0.05) is 0 Å². The molecule has 3 heteroatoms. The monoisotopic (exact) mass is 133 g/mol. The lowest BCUT2D eigenvalue weighted by molar-refractivity contribution is 1.25. The van der Waals surface area contributed by atoms with Crippen LogP contribution in [0.15, 0.2) is 18.3 Å². The van der Waals surface area contributed by atoms with Crippen LogP contribution < -0.4 is 5.32 Å². The molecule has 1 aromatic heterocycles. The second kappa shape index (κ2) is 2.83. The van der Waals surface area contributed by atoms with Crippen molar-refractivity contribution in [1.29, 1.82) is 5.26 Å². The second-order valence-corrected chi connectivity index (χ2v) is 1.76. The Balaban J connectivity index is 3.12. The number of hydrogen-bond donors (Lipinski definition) is 1. The first kappa shape index (κ1) is 6.56. The van der Waals surface area contributed by atoms with Crippen LogP contribution in [0.25, 0.3) is 0 Å². The molecular formula is C7H7N3. The molecule has 0 atom stereocenters. The Hall–Kier alpha value is -1.56. The molecule has 10 heavy (non-hydrogen) atoms. The fourth-order valence-corrected chi connectivity index (χ4v) is 0.696. The third kappa shape index (κ3) is 1.06. The van der Waals surface area contributed by atoms with Gasteiger partial charge in [-0.05, 0) is 12.1 Å². The van der Waals surface area contributed by atoms with Gasteiger partial charge >= 0.3 is 0 Å². The van der Waals surface area contributed by atoms with Gasteiger partial charge in [-0.3, -0.25) is 0 Å². The molecule has 0 unspecified atom stereocenters. The van der Waals surface area contributed by atoms with Crippen LogP contribution in [0.3, 0.4) is 0 Å². The summed E-state index contributed by atoms with van der Waals surface area (Å²) in [7, 11) is 1.76. The molecule has 0 bridgehead atoms. The number of aromatic nitrogens is 1. The highest BCUT2D eigenvalue weighted by Crippen LogP contribution is 2.08. The van der Waals surface area contributed by atoms with Crippen molar-refractivity contribution >= 4 is 5.69 Å².